The third-order valence-electron chi connectivity index (χ3n) is 13.4. The van der Waals surface area contributed by atoms with E-state index in [9.17, 15) is 109 Å². The van der Waals surface area contributed by atoms with Gasteiger partial charge in [0.25, 0.3) is 0 Å². The molecule has 0 spiro atoms. The van der Waals surface area contributed by atoms with Crippen LogP contribution in [0.3, 0.4) is 0 Å². The summed E-state index contributed by atoms with van der Waals surface area (Å²) in [7, 11) is -5.35. The summed E-state index contributed by atoms with van der Waals surface area (Å²) in [6, 6.07) is -5.40. The van der Waals surface area contributed by atoms with E-state index in [1.54, 1.807) is 0 Å². The summed E-state index contributed by atoms with van der Waals surface area (Å²) in [6.45, 7) is -2.28. The molecule has 36 nitrogen and oxygen atoms in total. The number of rotatable bonds is 24. The minimum atomic E-state index is -5.35. The molecule has 79 heavy (non-hydrogen) atoms. The van der Waals surface area contributed by atoms with Crippen molar-refractivity contribution in [3.05, 3.63) is 0 Å². The highest BCUT2D eigenvalue weighted by molar-refractivity contribution is 7.80. The van der Waals surface area contributed by atoms with Gasteiger partial charge in [-0.1, -0.05) is 0 Å². The SMILES string of the molecule is CC(=O)NC(CO)C(OC1OC(CO)C(OC2OC(CO)C(O)C(O)C2O)C(O)C1NC(C)=O)C(O)C(O)COC1OC(COS(=O)(=O)O)C(OC2OC(CO)C(O[C@@H]3O[C@H](C)[C@H](O)[C@H](O)[C@H]3O)C(O)C2O)C(O)C1NC(C)=O. The predicted octanol–water partition coefficient (Wildman–Crippen LogP) is -13.2. The molecule has 0 aliphatic carbocycles. The first-order chi connectivity index (χ1) is 37.0. The number of nitrogens with one attached hydrogen (secondary N) is 3. The van der Waals surface area contributed by atoms with Crippen molar-refractivity contribution in [1.82, 2.24) is 16.0 Å². The Balaban J connectivity index is 1.37. The molecule has 5 saturated heterocycles. The second-order valence-electron chi connectivity index (χ2n) is 19.3. The summed E-state index contributed by atoms with van der Waals surface area (Å²) in [5.74, 6) is -2.66. The molecule has 5 rings (SSSR count). The third kappa shape index (κ3) is 16.5. The number of carbonyl (C=O) groups excluding carboxylic acids is 3. The van der Waals surface area contributed by atoms with E-state index >= 15 is 0 Å². The van der Waals surface area contributed by atoms with Crippen LogP contribution >= 0.6 is 0 Å². The Labute approximate surface area is 449 Å². The molecule has 5 aliphatic heterocycles. The fourth-order valence-corrected chi connectivity index (χ4v) is 9.63. The molecule has 29 atom stereocenters. The lowest BCUT2D eigenvalue weighted by atomic mass is 9.94. The second kappa shape index (κ2) is 29.2. The van der Waals surface area contributed by atoms with Crippen molar-refractivity contribution >= 4 is 28.1 Å². The van der Waals surface area contributed by atoms with Crippen molar-refractivity contribution in [2.24, 2.45) is 0 Å². The van der Waals surface area contributed by atoms with E-state index in [2.05, 4.69) is 20.1 Å². The average molecular weight is 1180 g/mol. The molecule has 0 radical (unpaired) electrons. The van der Waals surface area contributed by atoms with Crippen LogP contribution in [0.4, 0.5) is 0 Å². The van der Waals surface area contributed by atoms with Gasteiger partial charge < -0.3 is 145 Å². The molecule has 0 bridgehead atoms. The van der Waals surface area contributed by atoms with Gasteiger partial charge in [-0.25, -0.2) is 4.18 Å². The average Bonchev–Trinajstić information content (AvgIpc) is 3.39. The van der Waals surface area contributed by atoms with Gasteiger partial charge >= 0.3 is 10.4 Å². The van der Waals surface area contributed by atoms with Crippen LogP contribution in [-0.4, -0.2) is 330 Å². The molecule has 3 amide bonds. The molecule has 5 heterocycles. The van der Waals surface area contributed by atoms with Crippen LogP contribution in [0.15, 0.2) is 0 Å². The van der Waals surface area contributed by atoms with Gasteiger partial charge in [-0.05, 0) is 6.92 Å². The smallest absolute Gasteiger partial charge is 0.394 e. The summed E-state index contributed by atoms with van der Waals surface area (Å²) in [6.07, 6.45) is -50.1. The van der Waals surface area contributed by atoms with Gasteiger partial charge in [-0.2, -0.15) is 8.42 Å². The van der Waals surface area contributed by atoms with E-state index in [-0.39, 0.29) is 0 Å². The lowest BCUT2D eigenvalue weighted by Gasteiger charge is -2.49. The van der Waals surface area contributed by atoms with Gasteiger partial charge in [0.05, 0.1) is 51.8 Å². The minimum Gasteiger partial charge on any atom is -0.394 e. The van der Waals surface area contributed by atoms with Gasteiger partial charge in [-0.3, -0.25) is 18.9 Å². The Hall–Kier alpha value is -2.76. The van der Waals surface area contributed by atoms with Crippen molar-refractivity contribution < 1.29 is 161 Å². The number of ether oxygens (including phenoxy) is 10. The van der Waals surface area contributed by atoms with Crippen LogP contribution in [0.2, 0.25) is 0 Å². The summed E-state index contributed by atoms with van der Waals surface area (Å²) in [4.78, 5) is 37.4. The second-order valence-corrected chi connectivity index (χ2v) is 20.4. The van der Waals surface area contributed by atoms with E-state index in [0.717, 1.165) is 20.8 Å². The van der Waals surface area contributed by atoms with E-state index in [0.29, 0.717) is 0 Å². The zero-order chi connectivity index (χ0) is 59.1. The minimum absolute atomic E-state index is 0.862. The van der Waals surface area contributed by atoms with Gasteiger partial charge in [0.15, 0.2) is 31.5 Å². The maximum Gasteiger partial charge on any atom is 0.397 e. The molecule has 460 valence electrons. The number of hydrogen-bond acceptors (Lipinski definition) is 32. The molecule has 0 aromatic rings. The van der Waals surface area contributed by atoms with E-state index in [4.69, 9.17) is 47.4 Å². The van der Waals surface area contributed by atoms with E-state index in [1.165, 1.54) is 6.92 Å². The monoisotopic (exact) mass is 1180 g/mol. The van der Waals surface area contributed by atoms with Crippen LogP contribution in [-0.2, 0) is 76.3 Å². The molecular formula is C42H73N3O33S. The summed E-state index contributed by atoms with van der Waals surface area (Å²) in [5.41, 5.74) is 0. The summed E-state index contributed by atoms with van der Waals surface area (Å²) in [5, 5.41) is 179. The standard InChI is InChI=1S/C42H73N3O33S/c1-11-23(54)28(59)31(62)40(70-11)77-36-19(8-49)73-42(33(64)30(36)61)78-37-20(10-69-79(65,66)67)74-38(21(26(37)57)44-13(3)51)68-9-16(53)24(55)34(15(5-46)43-12(2)50)75-39-22(45-14(4)52)27(58)35(18(7-48)72-39)76-41-32(63)29(60)25(56)17(6-47)71-41/h11,15-42,46-49,53-64H,5-10H2,1-4H3,(H,43,50)(H,44,51)(H,45,52)(H,65,66,67)/t11-,15?,16?,17?,18?,19?,20?,21?,22?,23+,24?,25?,26?,27?,28+,29?,30?,31-,32?,33?,34?,35?,36?,37?,38?,39?,40+,41?,42?/m1/s1. The third-order valence-corrected chi connectivity index (χ3v) is 13.9. The molecule has 37 heteroatoms. The lowest BCUT2D eigenvalue weighted by Crippen LogP contribution is -2.69. The van der Waals surface area contributed by atoms with Crippen molar-refractivity contribution in [1.29, 1.82) is 0 Å². The van der Waals surface area contributed by atoms with E-state index < -0.39 is 246 Å². The van der Waals surface area contributed by atoms with Crippen LogP contribution in [0.1, 0.15) is 27.7 Å². The molecular weight excluding hydrogens is 1110 g/mol. The van der Waals surface area contributed by atoms with Gasteiger partial charge in [0.1, 0.15) is 134 Å². The van der Waals surface area contributed by atoms with Crippen LogP contribution in [0.25, 0.3) is 0 Å². The summed E-state index contributed by atoms with van der Waals surface area (Å²) < 4.78 is 94.3. The highest BCUT2D eigenvalue weighted by atomic mass is 32.3. The zero-order valence-corrected chi connectivity index (χ0v) is 43.3. The van der Waals surface area contributed by atoms with Gasteiger partial charge in [-0.15, -0.1) is 0 Å². The van der Waals surface area contributed by atoms with Crippen molar-refractivity contribution in [2.75, 3.05) is 39.6 Å². The molecule has 0 saturated carbocycles. The van der Waals surface area contributed by atoms with Gasteiger partial charge in [0.2, 0.25) is 17.7 Å². The quantitative estimate of drug-likeness (QED) is 0.0399. The zero-order valence-electron chi connectivity index (χ0n) is 42.5. The highest BCUT2D eigenvalue weighted by Gasteiger charge is 2.56. The van der Waals surface area contributed by atoms with Crippen LogP contribution < -0.4 is 16.0 Å². The first-order valence-electron chi connectivity index (χ1n) is 24.5. The van der Waals surface area contributed by atoms with Crippen LogP contribution in [0, 0.1) is 0 Å². The van der Waals surface area contributed by atoms with Crippen molar-refractivity contribution in [3.63, 3.8) is 0 Å². The molecule has 5 fully saturated rings. The number of carbonyl (C=O) groups is 3. The number of aliphatic hydroxyl groups is 16. The molecule has 24 unspecified atom stereocenters. The number of amides is 3. The number of hydrogen-bond donors (Lipinski definition) is 20. The van der Waals surface area contributed by atoms with Gasteiger partial charge in [0, 0.05) is 20.8 Å². The topological polar surface area (TPSA) is 567 Å². The van der Waals surface area contributed by atoms with Crippen molar-refractivity contribution in [3.8, 4) is 0 Å². The Kier molecular flexibility index (Phi) is 24.7. The maximum atomic E-state index is 12.6. The highest BCUT2D eigenvalue weighted by Crippen LogP contribution is 2.35. The Bertz CT molecular complexity index is 2050. The Morgan fingerprint density at radius 2 is 0.962 bits per heavy atom. The summed E-state index contributed by atoms with van der Waals surface area (Å²) >= 11 is 0. The Morgan fingerprint density at radius 3 is 1.44 bits per heavy atom. The fraction of sp³-hybridized carbons (Fsp3) is 0.929. The normalized spacial score (nSPS) is 42.8. The first kappa shape index (κ1) is 67.0. The van der Waals surface area contributed by atoms with Crippen LogP contribution in [0.5, 0.6) is 0 Å². The molecule has 20 N–H and O–H groups in total. The maximum absolute atomic E-state index is 12.6. The molecule has 0 aromatic carbocycles. The first-order valence-corrected chi connectivity index (χ1v) is 25.9. The lowest BCUT2D eigenvalue weighted by molar-refractivity contribution is -0.373. The number of aliphatic hydroxyl groups excluding tert-OH is 16. The van der Waals surface area contributed by atoms with E-state index in [1.807, 2.05) is 0 Å². The predicted molar refractivity (Wildman–Crippen MR) is 245 cm³/mol. The fourth-order valence-electron chi connectivity index (χ4n) is 9.32. The molecule has 0 aromatic heterocycles. The van der Waals surface area contributed by atoms with Crippen molar-refractivity contribution in [2.45, 2.75) is 205 Å². The molecule has 5 aliphatic rings. The largest absolute Gasteiger partial charge is 0.397 e. The Morgan fingerprint density at radius 1 is 0.532 bits per heavy atom.